The molecule has 2 aromatic carbocycles. The molecule has 12 heteroatoms. The molecule has 8 nitrogen and oxygen atoms in total. The van der Waals surface area contributed by atoms with Crippen LogP contribution in [-0.4, -0.2) is 50.0 Å². The molecule has 0 unspecified atom stereocenters. The van der Waals surface area contributed by atoms with E-state index >= 15 is 0 Å². The van der Waals surface area contributed by atoms with E-state index in [2.05, 4.69) is 10.0 Å². The van der Waals surface area contributed by atoms with Crippen LogP contribution < -0.4 is 10.0 Å². The quantitative estimate of drug-likeness (QED) is 0.517. The number of carbonyl (C=O) groups is 3. The minimum absolute atomic E-state index is 0.0270. The smallest absolute Gasteiger partial charge is 0.293 e. The summed E-state index contributed by atoms with van der Waals surface area (Å²) in [5.74, 6) is -2.36. The molecular formula is C21H19F2N3O5S2. The largest absolute Gasteiger partial charge is 0.354 e. The maximum atomic E-state index is 13.6. The number of sulfonamides is 1. The van der Waals surface area contributed by atoms with E-state index in [0.717, 1.165) is 28.8 Å². The van der Waals surface area contributed by atoms with E-state index in [1.165, 1.54) is 42.5 Å². The van der Waals surface area contributed by atoms with Crippen LogP contribution in [0, 0.1) is 11.6 Å². The van der Waals surface area contributed by atoms with Crippen molar-refractivity contribution in [2.24, 2.45) is 0 Å². The number of halogens is 2. The zero-order chi connectivity index (χ0) is 24.0. The molecule has 0 spiro atoms. The van der Waals surface area contributed by atoms with E-state index in [4.69, 9.17) is 0 Å². The second kappa shape index (κ2) is 10.7. The first kappa shape index (κ1) is 24.6. The fourth-order valence-corrected chi connectivity index (χ4v) is 4.81. The first-order valence-electron chi connectivity index (χ1n) is 9.69. The lowest BCUT2D eigenvalue weighted by Gasteiger charge is -2.13. The van der Waals surface area contributed by atoms with Crippen LogP contribution in [0.15, 0.2) is 58.3 Å². The van der Waals surface area contributed by atoms with Crippen LogP contribution in [0.25, 0.3) is 6.08 Å². The van der Waals surface area contributed by atoms with Gasteiger partial charge >= 0.3 is 0 Å². The number of nitrogens with zero attached hydrogens (tertiary/aromatic N) is 1. The van der Waals surface area contributed by atoms with Crippen LogP contribution in [-0.2, 0) is 19.6 Å². The van der Waals surface area contributed by atoms with Crippen molar-refractivity contribution in [2.75, 3.05) is 19.6 Å². The van der Waals surface area contributed by atoms with E-state index in [-0.39, 0.29) is 31.0 Å². The first-order chi connectivity index (χ1) is 15.7. The number of imide groups is 1. The highest BCUT2D eigenvalue weighted by atomic mass is 32.2. The lowest BCUT2D eigenvalue weighted by atomic mass is 10.2. The molecule has 0 radical (unpaired) electrons. The van der Waals surface area contributed by atoms with E-state index in [0.29, 0.717) is 5.56 Å². The molecule has 1 aliphatic heterocycles. The van der Waals surface area contributed by atoms with Crippen molar-refractivity contribution in [3.63, 3.8) is 0 Å². The Morgan fingerprint density at radius 1 is 1.03 bits per heavy atom. The Labute approximate surface area is 193 Å². The van der Waals surface area contributed by atoms with Gasteiger partial charge in [0.05, 0.1) is 4.91 Å². The summed E-state index contributed by atoms with van der Waals surface area (Å²) >= 11 is 0.740. The number of carbonyl (C=O) groups excluding carboxylic acids is 3. The Bertz CT molecular complexity index is 1200. The zero-order valence-electron chi connectivity index (χ0n) is 17.1. The molecule has 3 rings (SSSR count). The highest BCUT2D eigenvalue weighted by Gasteiger charge is 2.34. The average molecular weight is 496 g/mol. The van der Waals surface area contributed by atoms with E-state index in [1.807, 2.05) is 0 Å². The van der Waals surface area contributed by atoms with Gasteiger partial charge in [-0.15, -0.1) is 0 Å². The van der Waals surface area contributed by atoms with E-state index in [9.17, 15) is 31.6 Å². The topological polar surface area (TPSA) is 113 Å². The summed E-state index contributed by atoms with van der Waals surface area (Å²) in [7, 11) is -4.10. The number of nitrogens with one attached hydrogen (secondary N) is 2. The molecule has 0 aliphatic carbocycles. The van der Waals surface area contributed by atoms with Crippen molar-refractivity contribution >= 4 is 44.9 Å². The van der Waals surface area contributed by atoms with Gasteiger partial charge in [0.25, 0.3) is 11.1 Å². The third-order valence-electron chi connectivity index (χ3n) is 4.47. The van der Waals surface area contributed by atoms with Gasteiger partial charge < -0.3 is 5.32 Å². The third-order valence-corrected chi connectivity index (χ3v) is 6.87. The number of rotatable bonds is 9. The molecule has 1 saturated heterocycles. The number of benzene rings is 2. The lowest BCUT2D eigenvalue weighted by molar-refractivity contribution is -0.124. The molecule has 0 saturated carbocycles. The van der Waals surface area contributed by atoms with Crippen molar-refractivity contribution in [3.05, 3.63) is 70.6 Å². The minimum atomic E-state index is -4.10. The summed E-state index contributed by atoms with van der Waals surface area (Å²) in [5, 5.41) is 1.99. The van der Waals surface area contributed by atoms with Crippen molar-refractivity contribution in [3.8, 4) is 0 Å². The highest BCUT2D eigenvalue weighted by Crippen LogP contribution is 2.31. The van der Waals surface area contributed by atoms with Crippen molar-refractivity contribution in [2.45, 2.75) is 11.3 Å². The van der Waals surface area contributed by atoms with Gasteiger partial charge in [-0.2, -0.15) is 0 Å². The lowest BCUT2D eigenvalue weighted by Crippen LogP contribution is -2.38. The van der Waals surface area contributed by atoms with Crippen LogP contribution in [0.1, 0.15) is 12.0 Å². The molecule has 1 heterocycles. The van der Waals surface area contributed by atoms with Gasteiger partial charge in [0.2, 0.25) is 15.9 Å². The minimum Gasteiger partial charge on any atom is -0.354 e. The summed E-state index contributed by atoms with van der Waals surface area (Å²) in [6, 6.07) is 10.3. The maximum absolute atomic E-state index is 13.6. The summed E-state index contributed by atoms with van der Waals surface area (Å²) < 4.78 is 52.9. The third kappa shape index (κ3) is 6.46. The molecule has 3 amide bonds. The van der Waals surface area contributed by atoms with Crippen LogP contribution >= 0.6 is 11.8 Å². The number of hydrogen-bond donors (Lipinski definition) is 2. The molecule has 0 bridgehead atoms. The number of hydrogen-bond acceptors (Lipinski definition) is 6. The summed E-state index contributed by atoms with van der Waals surface area (Å²) in [6.45, 7) is -0.358. The van der Waals surface area contributed by atoms with Gasteiger partial charge in [-0.1, -0.05) is 24.3 Å². The fourth-order valence-electron chi connectivity index (χ4n) is 2.84. The Morgan fingerprint density at radius 3 is 2.42 bits per heavy atom. The molecule has 0 atom stereocenters. The maximum Gasteiger partial charge on any atom is 0.293 e. The monoisotopic (exact) mass is 495 g/mol. The first-order valence-corrected chi connectivity index (χ1v) is 12.0. The predicted octanol–water partition coefficient (Wildman–Crippen LogP) is 2.49. The predicted molar refractivity (Wildman–Crippen MR) is 118 cm³/mol. The van der Waals surface area contributed by atoms with Crippen molar-refractivity contribution < 1.29 is 31.6 Å². The molecule has 2 aromatic rings. The second-order valence-corrected chi connectivity index (χ2v) is 9.54. The van der Waals surface area contributed by atoms with Gasteiger partial charge in [-0.25, -0.2) is 21.9 Å². The Kier molecular flexibility index (Phi) is 7.95. The van der Waals surface area contributed by atoms with Crippen LogP contribution in [0.2, 0.25) is 0 Å². The van der Waals surface area contributed by atoms with Crippen molar-refractivity contribution in [1.29, 1.82) is 0 Å². The average Bonchev–Trinajstić information content (AvgIpc) is 3.02. The van der Waals surface area contributed by atoms with Crippen LogP contribution in [0.4, 0.5) is 13.6 Å². The van der Waals surface area contributed by atoms with Gasteiger partial charge in [0.1, 0.15) is 16.5 Å². The Balaban J connectivity index is 1.45. The standard InChI is InChI=1S/C21H19F2N3O5S2/c22-15-7-5-14(6-8-15)13-17-20(28)26(21(29)32-17)12-11-24-19(27)9-10-25-33(30,31)18-4-2-1-3-16(18)23/h1-8,13,25H,9-12H2,(H,24,27)/b17-13+. The molecule has 0 aromatic heterocycles. The molecule has 2 N–H and O–H groups in total. The normalized spacial score (nSPS) is 15.3. The van der Waals surface area contributed by atoms with Gasteiger partial charge in [-0.05, 0) is 47.7 Å². The van der Waals surface area contributed by atoms with Gasteiger partial charge in [0.15, 0.2) is 0 Å². The molecule has 174 valence electrons. The molecule has 1 fully saturated rings. The summed E-state index contributed by atoms with van der Waals surface area (Å²) in [4.78, 5) is 37.1. The number of thioether (sulfide) groups is 1. The fraction of sp³-hybridized carbons (Fsp3) is 0.190. The summed E-state index contributed by atoms with van der Waals surface area (Å²) in [6.07, 6.45) is 1.25. The molecular weight excluding hydrogens is 476 g/mol. The molecule has 1 aliphatic rings. The van der Waals surface area contributed by atoms with Crippen LogP contribution in [0.5, 0.6) is 0 Å². The van der Waals surface area contributed by atoms with Gasteiger partial charge in [-0.3, -0.25) is 19.3 Å². The second-order valence-electron chi connectivity index (χ2n) is 6.81. The zero-order valence-corrected chi connectivity index (χ0v) is 18.7. The van der Waals surface area contributed by atoms with Gasteiger partial charge in [0, 0.05) is 26.1 Å². The number of amides is 3. The molecule has 33 heavy (non-hydrogen) atoms. The Hall–Kier alpha value is -3.09. The summed E-state index contributed by atoms with van der Waals surface area (Å²) in [5.41, 5.74) is 0.563. The Morgan fingerprint density at radius 2 is 1.73 bits per heavy atom. The van der Waals surface area contributed by atoms with E-state index in [1.54, 1.807) is 0 Å². The van der Waals surface area contributed by atoms with Crippen LogP contribution in [0.3, 0.4) is 0 Å². The highest BCUT2D eigenvalue weighted by molar-refractivity contribution is 8.18. The van der Waals surface area contributed by atoms with Crippen molar-refractivity contribution in [1.82, 2.24) is 14.9 Å². The van der Waals surface area contributed by atoms with E-state index < -0.39 is 43.6 Å². The SMILES string of the molecule is O=C(CCNS(=O)(=O)c1ccccc1F)NCCN1C(=O)S/C(=C/c2ccc(F)cc2)C1=O.